The predicted molar refractivity (Wildman–Crippen MR) is 116 cm³/mol. The summed E-state index contributed by atoms with van der Waals surface area (Å²) in [6.45, 7) is 5.85. The SMILES string of the molecule is CCOP(=O)(OCC)C1c2cc(OC)c(OC)cc2CC(=O)N1c1ccc(C)cc1. The predicted octanol–water partition coefficient (Wildman–Crippen LogP) is 4.87. The van der Waals surface area contributed by atoms with Crippen LogP contribution < -0.4 is 14.4 Å². The molecule has 0 saturated heterocycles. The van der Waals surface area contributed by atoms with Crippen LogP contribution in [0.4, 0.5) is 5.69 Å². The molecule has 3 rings (SSSR count). The van der Waals surface area contributed by atoms with Crippen molar-refractivity contribution in [2.45, 2.75) is 33.0 Å². The second-order valence-corrected chi connectivity index (χ2v) is 9.02. The zero-order chi connectivity index (χ0) is 21.9. The number of hydrogen-bond acceptors (Lipinski definition) is 6. The number of fused-ring (bicyclic) bond motifs is 1. The number of ether oxygens (including phenoxy) is 2. The molecule has 1 heterocycles. The monoisotopic (exact) mass is 433 g/mol. The van der Waals surface area contributed by atoms with E-state index in [-0.39, 0.29) is 25.5 Å². The Kier molecular flexibility index (Phi) is 6.86. The molecule has 1 aliphatic rings. The highest BCUT2D eigenvalue weighted by atomic mass is 31.2. The molecule has 0 aromatic heterocycles. The van der Waals surface area contributed by atoms with E-state index in [1.165, 1.54) is 19.1 Å². The van der Waals surface area contributed by atoms with Crippen molar-refractivity contribution in [3.63, 3.8) is 0 Å². The number of benzene rings is 2. The molecule has 1 amide bonds. The number of methoxy groups -OCH3 is 2. The van der Waals surface area contributed by atoms with Crippen LogP contribution in [-0.2, 0) is 24.8 Å². The summed E-state index contributed by atoms with van der Waals surface area (Å²) < 4.78 is 36.2. The lowest BCUT2D eigenvalue weighted by Gasteiger charge is -2.40. The van der Waals surface area contributed by atoms with Gasteiger partial charge in [-0.3, -0.25) is 14.3 Å². The lowest BCUT2D eigenvalue weighted by Crippen LogP contribution is -2.41. The van der Waals surface area contributed by atoms with Gasteiger partial charge in [0.25, 0.3) is 0 Å². The van der Waals surface area contributed by atoms with Crippen molar-refractivity contribution >= 4 is 19.2 Å². The fourth-order valence-electron chi connectivity index (χ4n) is 3.69. The van der Waals surface area contributed by atoms with Crippen LogP contribution in [0.3, 0.4) is 0 Å². The largest absolute Gasteiger partial charge is 0.493 e. The zero-order valence-corrected chi connectivity index (χ0v) is 18.9. The number of hydrogen-bond donors (Lipinski definition) is 0. The van der Waals surface area contributed by atoms with Gasteiger partial charge in [0.2, 0.25) is 5.91 Å². The van der Waals surface area contributed by atoms with E-state index in [2.05, 4.69) is 0 Å². The Bertz CT molecular complexity index is 949. The highest BCUT2D eigenvalue weighted by Crippen LogP contribution is 2.65. The van der Waals surface area contributed by atoms with Gasteiger partial charge >= 0.3 is 7.60 Å². The second-order valence-electron chi connectivity index (χ2n) is 6.93. The molecule has 0 aliphatic carbocycles. The molecule has 1 atom stereocenters. The van der Waals surface area contributed by atoms with Crippen LogP contribution in [-0.4, -0.2) is 33.3 Å². The van der Waals surface area contributed by atoms with Crippen LogP contribution in [0, 0.1) is 6.92 Å². The van der Waals surface area contributed by atoms with E-state index in [1.807, 2.05) is 31.2 Å². The molecular formula is C22H28NO6P. The van der Waals surface area contributed by atoms with Crippen molar-refractivity contribution in [1.29, 1.82) is 0 Å². The third kappa shape index (κ3) is 4.10. The normalized spacial score (nSPS) is 16.4. The Labute approximate surface area is 177 Å². The van der Waals surface area contributed by atoms with E-state index in [9.17, 15) is 9.36 Å². The van der Waals surface area contributed by atoms with Gasteiger partial charge in [0, 0.05) is 5.69 Å². The van der Waals surface area contributed by atoms with E-state index in [4.69, 9.17) is 18.5 Å². The fraction of sp³-hybridized carbons (Fsp3) is 0.409. The number of nitrogens with zero attached hydrogens (tertiary/aromatic N) is 1. The highest BCUT2D eigenvalue weighted by Gasteiger charge is 2.48. The minimum absolute atomic E-state index is 0.137. The molecule has 0 fully saturated rings. The number of amides is 1. The molecular weight excluding hydrogens is 405 g/mol. The van der Waals surface area contributed by atoms with Crippen LogP contribution in [0.2, 0.25) is 0 Å². The summed E-state index contributed by atoms with van der Waals surface area (Å²) in [6, 6.07) is 11.0. The van der Waals surface area contributed by atoms with Gasteiger partial charge in [-0.25, -0.2) is 0 Å². The first-order valence-electron chi connectivity index (χ1n) is 9.90. The maximum atomic E-state index is 14.0. The molecule has 30 heavy (non-hydrogen) atoms. The Morgan fingerprint density at radius 1 is 1.00 bits per heavy atom. The second kappa shape index (κ2) is 9.21. The highest BCUT2D eigenvalue weighted by molar-refractivity contribution is 7.54. The minimum atomic E-state index is -3.74. The summed E-state index contributed by atoms with van der Waals surface area (Å²) in [6.07, 6.45) is 0.137. The van der Waals surface area contributed by atoms with Crippen LogP contribution in [0.15, 0.2) is 36.4 Å². The van der Waals surface area contributed by atoms with Gasteiger partial charge in [-0.2, -0.15) is 0 Å². The zero-order valence-electron chi connectivity index (χ0n) is 18.0. The Morgan fingerprint density at radius 3 is 2.10 bits per heavy atom. The molecule has 0 N–H and O–H groups in total. The van der Waals surface area contributed by atoms with E-state index < -0.39 is 13.4 Å². The van der Waals surface area contributed by atoms with E-state index >= 15 is 0 Å². The van der Waals surface area contributed by atoms with E-state index in [1.54, 1.807) is 26.0 Å². The van der Waals surface area contributed by atoms with Gasteiger partial charge in [-0.1, -0.05) is 17.7 Å². The van der Waals surface area contributed by atoms with E-state index in [0.717, 1.165) is 5.56 Å². The van der Waals surface area contributed by atoms with Gasteiger partial charge in [0.05, 0.1) is 33.9 Å². The third-order valence-electron chi connectivity index (χ3n) is 5.01. The topological polar surface area (TPSA) is 74.3 Å². The maximum absolute atomic E-state index is 14.0. The molecule has 0 spiro atoms. The van der Waals surface area contributed by atoms with E-state index in [0.29, 0.717) is 28.3 Å². The maximum Gasteiger partial charge on any atom is 0.357 e. The summed E-state index contributed by atoms with van der Waals surface area (Å²) >= 11 is 0. The van der Waals surface area contributed by atoms with Gasteiger partial charge < -0.3 is 18.5 Å². The Hall–Kier alpha value is -2.34. The number of rotatable bonds is 8. The summed E-state index contributed by atoms with van der Waals surface area (Å²) in [4.78, 5) is 14.8. The smallest absolute Gasteiger partial charge is 0.357 e. The van der Waals surface area contributed by atoms with Crippen molar-refractivity contribution in [1.82, 2.24) is 0 Å². The van der Waals surface area contributed by atoms with Crippen LogP contribution in [0.25, 0.3) is 0 Å². The molecule has 7 nitrogen and oxygen atoms in total. The first-order valence-corrected chi connectivity index (χ1v) is 11.5. The number of anilines is 1. The summed E-state index contributed by atoms with van der Waals surface area (Å²) in [5.41, 5.74) is 3.07. The molecule has 162 valence electrons. The van der Waals surface area contributed by atoms with Crippen molar-refractivity contribution < 1.29 is 27.9 Å². The molecule has 2 aromatic rings. The average molecular weight is 433 g/mol. The van der Waals surface area contributed by atoms with Gasteiger partial charge in [0.15, 0.2) is 17.3 Å². The van der Waals surface area contributed by atoms with Crippen LogP contribution >= 0.6 is 7.60 Å². The third-order valence-corrected chi connectivity index (χ3v) is 7.35. The Balaban J connectivity index is 2.26. The lowest BCUT2D eigenvalue weighted by atomic mass is 9.97. The quantitative estimate of drug-likeness (QED) is 0.553. The number of aryl methyl sites for hydroxylation is 1. The standard InChI is InChI=1S/C22H28NO6P/c1-6-28-30(25,29-7-2)22-18-14-20(27-5)19(26-4)12-16(18)13-21(24)23(22)17-10-8-15(3)9-11-17/h8-12,14,22H,6-7,13H2,1-5H3. The molecule has 2 aromatic carbocycles. The molecule has 0 bridgehead atoms. The van der Waals surface area contributed by atoms with Gasteiger partial charge in [0.1, 0.15) is 0 Å². The van der Waals surface area contributed by atoms with Gasteiger partial charge in [-0.05, 0) is 56.2 Å². The Morgan fingerprint density at radius 2 is 1.57 bits per heavy atom. The molecule has 0 saturated carbocycles. The summed E-state index contributed by atoms with van der Waals surface area (Å²) in [5.74, 6) is -0.132. The van der Waals surface area contributed by atoms with Crippen LogP contribution in [0.1, 0.15) is 36.3 Å². The lowest BCUT2D eigenvalue weighted by molar-refractivity contribution is -0.118. The molecule has 1 aliphatic heterocycles. The van der Waals surface area contributed by atoms with Crippen molar-refractivity contribution in [2.75, 3.05) is 32.3 Å². The van der Waals surface area contributed by atoms with Crippen molar-refractivity contribution in [3.8, 4) is 11.5 Å². The van der Waals surface area contributed by atoms with Crippen molar-refractivity contribution in [3.05, 3.63) is 53.1 Å². The van der Waals surface area contributed by atoms with Crippen LogP contribution in [0.5, 0.6) is 11.5 Å². The molecule has 1 unspecified atom stereocenters. The minimum Gasteiger partial charge on any atom is -0.493 e. The van der Waals surface area contributed by atoms with Crippen molar-refractivity contribution in [2.24, 2.45) is 0 Å². The molecule has 0 radical (unpaired) electrons. The molecule has 8 heteroatoms. The first-order chi connectivity index (χ1) is 14.4. The number of carbonyl (C=O) groups is 1. The van der Waals surface area contributed by atoms with Gasteiger partial charge in [-0.15, -0.1) is 0 Å². The summed E-state index contributed by atoms with van der Waals surface area (Å²) in [5, 5.41) is 0. The fourth-order valence-corrected chi connectivity index (χ4v) is 5.90. The number of carbonyl (C=O) groups excluding carboxylic acids is 1. The summed E-state index contributed by atoms with van der Waals surface area (Å²) in [7, 11) is -0.668. The first kappa shape index (κ1) is 22.3. The average Bonchev–Trinajstić information content (AvgIpc) is 2.73.